The predicted octanol–water partition coefficient (Wildman–Crippen LogP) is 2.97. The Hall–Kier alpha value is 0.130. The van der Waals surface area contributed by atoms with Gasteiger partial charge in [0.1, 0.15) is 0 Å². The summed E-state index contributed by atoms with van der Waals surface area (Å²) in [6.07, 6.45) is -6.63. The summed E-state index contributed by atoms with van der Waals surface area (Å²) >= 11 is 2.50. The van der Waals surface area contributed by atoms with Crippen molar-refractivity contribution >= 4 is 15.9 Å². The van der Waals surface area contributed by atoms with Crippen LogP contribution in [0.4, 0.5) is 22.0 Å². The Morgan fingerprint density at radius 2 is 1.40 bits per heavy atom. The van der Waals surface area contributed by atoms with Gasteiger partial charge in [-0.1, -0.05) is 15.9 Å². The van der Waals surface area contributed by atoms with Crippen LogP contribution in [0, 0.1) is 0 Å². The predicted molar refractivity (Wildman–Crippen MR) is 29.4 cm³/mol. The molecule has 0 aliphatic rings. The van der Waals surface area contributed by atoms with Gasteiger partial charge in [0.05, 0.1) is 0 Å². The Bertz CT molecular complexity index is 107. The Kier molecular flexibility index (Phi) is 3.06. The lowest BCUT2D eigenvalue weighted by Gasteiger charge is -2.17. The Labute approximate surface area is 62.5 Å². The molecular weight excluding hydrogens is 223 g/mol. The Balaban J connectivity index is 4.10. The lowest BCUT2D eigenvalue weighted by Crippen LogP contribution is -2.36. The van der Waals surface area contributed by atoms with Crippen LogP contribution < -0.4 is 0 Å². The molecule has 0 amide bonds. The molecule has 0 radical (unpaired) electrons. The van der Waals surface area contributed by atoms with Gasteiger partial charge in [-0.3, -0.25) is 0 Å². The summed E-state index contributed by atoms with van der Waals surface area (Å²) in [5, 5.41) is -0.362. The number of alkyl halides is 6. The van der Waals surface area contributed by atoms with Crippen molar-refractivity contribution in [1.29, 1.82) is 0 Å². The first-order chi connectivity index (χ1) is 4.31. The highest BCUT2D eigenvalue weighted by molar-refractivity contribution is 9.09. The molecule has 10 heavy (non-hydrogen) atoms. The van der Waals surface area contributed by atoms with E-state index < -0.39 is 18.5 Å². The molecule has 0 atom stereocenters. The van der Waals surface area contributed by atoms with E-state index in [1.165, 1.54) is 0 Å². The van der Waals surface area contributed by atoms with E-state index >= 15 is 0 Å². The molecule has 0 nitrogen and oxygen atoms in total. The standard InChI is InChI=1S/C4H4BrF5/c5-2-1-3(6,7)4(8,9)10/h1-2H2. The SMILES string of the molecule is FC(F)(F)C(F)(F)CCBr. The van der Waals surface area contributed by atoms with Crippen LogP contribution in [-0.4, -0.2) is 17.4 Å². The fraction of sp³-hybridized carbons (Fsp3) is 1.00. The van der Waals surface area contributed by atoms with Crippen LogP contribution in [0.2, 0.25) is 0 Å². The highest BCUT2D eigenvalue weighted by Gasteiger charge is 2.56. The second-order valence-electron chi connectivity index (χ2n) is 1.64. The minimum absolute atomic E-state index is 0.362. The maximum Gasteiger partial charge on any atom is 0.453 e. The summed E-state index contributed by atoms with van der Waals surface area (Å²) in [5.74, 6) is -4.56. The van der Waals surface area contributed by atoms with Gasteiger partial charge in [-0.05, 0) is 0 Å². The van der Waals surface area contributed by atoms with Crippen LogP contribution in [0.5, 0.6) is 0 Å². The van der Waals surface area contributed by atoms with Gasteiger partial charge in [0.15, 0.2) is 0 Å². The van der Waals surface area contributed by atoms with Gasteiger partial charge in [0.2, 0.25) is 0 Å². The molecule has 0 saturated carbocycles. The van der Waals surface area contributed by atoms with Gasteiger partial charge >= 0.3 is 12.1 Å². The average Bonchev–Trinajstić information content (AvgIpc) is 1.61. The topological polar surface area (TPSA) is 0 Å². The van der Waals surface area contributed by atoms with Crippen LogP contribution in [0.15, 0.2) is 0 Å². The molecule has 0 rings (SSSR count). The third kappa shape index (κ3) is 2.40. The van der Waals surface area contributed by atoms with Crippen molar-refractivity contribution in [3.63, 3.8) is 0 Å². The second-order valence-corrected chi connectivity index (χ2v) is 2.43. The van der Waals surface area contributed by atoms with E-state index in [0.29, 0.717) is 0 Å². The monoisotopic (exact) mass is 226 g/mol. The van der Waals surface area contributed by atoms with E-state index in [2.05, 4.69) is 15.9 Å². The van der Waals surface area contributed by atoms with Gasteiger partial charge in [0, 0.05) is 11.8 Å². The first-order valence-electron chi connectivity index (χ1n) is 2.32. The van der Waals surface area contributed by atoms with Gasteiger partial charge in [0.25, 0.3) is 0 Å². The highest BCUT2D eigenvalue weighted by atomic mass is 79.9. The summed E-state index contributed by atoms with van der Waals surface area (Å²) < 4.78 is 57.3. The van der Waals surface area contributed by atoms with Crippen molar-refractivity contribution < 1.29 is 22.0 Å². The first kappa shape index (κ1) is 10.1. The van der Waals surface area contributed by atoms with Crippen molar-refractivity contribution in [3.05, 3.63) is 0 Å². The lowest BCUT2D eigenvalue weighted by atomic mass is 10.2. The molecular formula is C4H4BrF5. The van der Waals surface area contributed by atoms with E-state index in [-0.39, 0.29) is 5.33 Å². The highest BCUT2D eigenvalue weighted by Crippen LogP contribution is 2.38. The molecule has 0 fully saturated rings. The average molecular weight is 227 g/mol. The summed E-state index contributed by atoms with van der Waals surface area (Å²) in [4.78, 5) is 0. The second kappa shape index (κ2) is 3.02. The quantitative estimate of drug-likeness (QED) is 0.502. The molecule has 0 N–H and O–H groups in total. The Morgan fingerprint density at radius 1 is 1.00 bits per heavy atom. The lowest BCUT2D eigenvalue weighted by molar-refractivity contribution is -0.282. The first-order valence-corrected chi connectivity index (χ1v) is 3.44. The number of hydrogen-bond donors (Lipinski definition) is 0. The third-order valence-corrected chi connectivity index (χ3v) is 1.22. The molecule has 0 saturated heterocycles. The zero-order valence-electron chi connectivity index (χ0n) is 4.68. The summed E-state index contributed by atoms with van der Waals surface area (Å²) in [6.45, 7) is 0. The molecule has 62 valence electrons. The molecule has 0 aliphatic heterocycles. The summed E-state index contributed by atoms with van der Waals surface area (Å²) in [5.41, 5.74) is 0. The minimum atomic E-state index is -5.42. The van der Waals surface area contributed by atoms with Gasteiger partial charge < -0.3 is 0 Å². The largest absolute Gasteiger partial charge is 0.453 e. The zero-order chi connectivity index (χ0) is 8.41. The molecule has 0 heterocycles. The van der Waals surface area contributed by atoms with Crippen molar-refractivity contribution in [3.8, 4) is 0 Å². The third-order valence-electron chi connectivity index (χ3n) is 0.823. The van der Waals surface area contributed by atoms with Crippen LogP contribution in [-0.2, 0) is 0 Å². The van der Waals surface area contributed by atoms with Crippen LogP contribution in [0.1, 0.15) is 6.42 Å². The fourth-order valence-electron chi connectivity index (χ4n) is 0.260. The number of hydrogen-bond acceptors (Lipinski definition) is 0. The smallest absolute Gasteiger partial charge is 0.196 e. The maximum absolute atomic E-state index is 11.8. The van der Waals surface area contributed by atoms with Crippen molar-refractivity contribution in [2.45, 2.75) is 18.5 Å². The van der Waals surface area contributed by atoms with E-state index in [1.807, 2.05) is 0 Å². The molecule has 0 aromatic rings. The fourth-order valence-corrected chi connectivity index (χ4v) is 0.758. The normalized spacial score (nSPS) is 13.8. The molecule has 0 aliphatic carbocycles. The van der Waals surface area contributed by atoms with Gasteiger partial charge in [-0.2, -0.15) is 22.0 Å². The van der Waals surface area contributed by atoms with Crippen LogP contribution in [0.25, 0.3) is 0 Å². The zero-order valence-corrected chi connectivity index (χ0v) is 6.27. The number of rotatable bonds is 2. The molecule has 6 heteroatoms. The summed E-state index contributed by atoms with van der Waals surface area (Å²) in [6, 6.07) is 0. The Morgan fingerprint density at radius 3 is 1.50 bits per heavy atom. The van der Waals surface area contributed by atoms with Gasteiger partial charge in [-0.15, -0.1) is 0 Å². The molecule has 0 aromatic carbocycles. The van der Waals surface area contributed by atoms with Crippen LogP contribution >= 0.6 is 15.9 Å². The summed E-state index contributed by atoms with van der Waals surface area (Å²) in [7, 11) is 0. The number of halogens is 6. The molecule has 0 unspecified atom stereocenters. The molecule has 0 bridgehead atoms. The van der Waals surface area contributed by atoms with Gasteiger partial charge in [-0.25, -0.2) is 0 Å². The molecule has 0 spiro atoms. The van der Waals surface area contributed by atoms with E-state index in [4.69, 9.17) is 0 Å². The van der Waals surface area contributed by atoms with E-state index in [0.717, 1.165) is 0 Å². The van der Waals surface area contributed by atoms with Crippen molar-refractivity contribution in [1.82, 2.24) is 0 Å². The minimum Gasteiger partial charge on any atom is -0.196 e. The van der Waals surface area contributed by atoms with Crippen molar-refractivity contribution in [2.24, 2.45) is 0 Å². The maximum atomic E-state index is 11.8. The van der Waals surface area contributed by atoms with E-state index in [1.54, 1.807) is 0 Å². The van der Waals surface area contributed by atoms with Crippen LogP contribution in [0.3, 0.4) is 0 Å². The molecule has 0 aromatic heterocycles. The van der Waals surface area contributed by atoms with E-state index in [9.17, 15) is 22.0 Å². The van der Waals surface area contributed by atoms with Crippen molar-refractivity contribution in [2.75, 3.05) is 5.33 Å².